The van der Waals surface area contributed by atoms with Crippen LogP contribution in [0.2, 0.25) is 0 Å². The third-order valence-electron chi connectivity index (χ3n) is 4.92. The molecule has 0 radical (unpaired) electrons. The molecule has 1 fully saturated rings. The van der Waals surface area contributed by atoms with Gasteiger partial charge in [-0.1, -0.05) is 12.1 Å². The lowest BCUT2D eigenvalue weighted by Crippen LogP contribution is -2.43. The lowest BCUT2D eigenvalue weighted by Gasteiger charge is -2.32. The Kier molecular flexibility index (Phi) is 4.34. The first-order valence-corrected chi connectivity index (χ1v) is 8.65. The summed E-state index contributed by atoms with van der Waals surface area (Å²) in [5.74, 6) is 0. The van der Waals surface area contributed by atoms with Crippen LogP contribution < -0.4 is 0 Å². The second kappa shape index (κ2) is 6.78. The molecular formula is C20H22N4O. The average molecular weight is 334 g/mol. The van der Waals surface area contributed by atoms with Crippen LogP contribution in [0.25, 0.3) is 16.7 Å². The van der Waals surface area contributed by atoms with E-state index in [1.54, 1.807) is 6.07 Å². The summed E-state index contributed by atoms with van der Waals surface area (Å²) >= 11 is 0. The largest absolute Gasteiger partial charge is 0.304 e. The number of aldehydes is 1. The van der Waals surface area contributed by atoms with Gasteiger partial charge in [-0.05, 0) is 42.9 Å². The molecule has 1 aliphatic heterocycles. The summed E-state index contributed by atoms with van der Waals surface area (Å²) in [7, 11) is 2.18. The Labute approximate surface area is 147 Å². The molecule has 2 aromatic carbocycles. The number of fused-ring (bicyclic) bond motifs is 1. The van der Waals surface area contributed by atoms with Gasteiger partial charge in [0.1, 0.15) is 12.6 Å². The molecule has 4 rings (SSSR count). The number of likely N-dealkylation sites (N-methyl/N-ethyl adjacent to an activating group) is 1. The van der Waals surface area contributed by atoms with Gasteiger partial charge in [-0.2, -0.15) is 0 Å². The Morgan fingerprint density at radius 2 is 1.80 bits per heavy atom. The van der Waals surface area contributed by atoms with Crippen LogP contribution in [0, 0.1) is 0 Å². The second-order valence-corrected chi connectivity index (χ2v) is 6.73. The van der Waals surface area contributed by atoms with Crippen LogP contribution in [0.15, 0.2) is 48.8 Å². The molecule has 5 heteroatoms. The zero-order valence-corrected chi connectivity index (χ0v) is 14.4. The van der Waals surface area contributed by atoms with Crippen molar-refractivity contribution in [3.05, 3.63) is 59.9 Å². The van der Waals surface area contributed by atoms with Gasteiger partial charge in [0.25, 0.3) is 0 Å². The van der Waals surface area contributed by atoms with E-state index in [-0.39, 0.29) is 0 Å². The van der Waals surface area contributed by atoms with E-state index in [9.17, 15) is 4.79 Å². The summed E-state index contributed by atoms with van der Waals surface area (Å²) < 4.78 is 2.03. The normalized spacial score (nSPS) is 16.4. The number of carbonyl (C=O) groups excluding carboxylic acids is 1. The third kappa shape index (κ3) is 3.34. The average Bonchev–Trinajstić information content (AvgIpc) is 3.07. The maximum atomic E-state index is 11.0. The number of piperazine rings is 1. The minimum atomic E-state index is 0.668. The van der Waals surface area contributed by atoms with Crippen molar-refractivity contribution < 1.29 is 4.79 Å². The number of imidazole rings is 1. The van der Waals surface area contributed by atoms with Crippen LogP contribution in [0.5, 0.6) is 0 Å². The smallest absolute Gasteiger partial charge is 0.150 e. The number of nitrogens with zero attached hydrogens (tertiary/aromatic N) is 4. The van der Waals surface area contributed by atoms with Gasteiger partial charge in [0.15, 0.2) is 0 Å². The summed E-state index contributed by atoms with van der Waals surface area (Å²) in [6.45, 7) is 5.52. The summed E-state index contributed by atoms with van der Waals surface area (Å²) in [4.78, 5) is 20.3. The van der Waals surface area contributed by atoms with Gasteiger partial charge >= 0.3 is 0 Å². The van der Waals surface area contributed by atoms with Crippen molar-refractivity contribution in [2.24, 2.45) is 0 Å². The number of rotatable bonds is 4. The van der Waals surface area contributed by atoms with Crippen LogP contribution in [0.4, 0.5) is 0 Å². The molecule has 2 heterocycles. The minimum absolute atomic E-state index is 0.668. The predicted octanol–water partition coefficient (Wildman–Crippen LogP) is 2.59. The third-order valence-corrected chi connectivity index (χ3v) is 4.92. The van der Waals surface area contributed by atoms with E-state index in [1.165, 1.54) is 5.56 Å². The van der Waals surface area contributed by atoms with Crippen molar-refractivity contribution in [2.75, 3.05) is 33.2 Å². The molecule has 3 aromatic rings. The maximum absolute atomic E-state index is 11.0. The van der Waals surface area contributed by atoms with E-state index in [0.717, 1.165) is 55.7 Å². The molecular weight excluding hydrogens is 312 g/mol. The molecule has 0 aliphatic carbocycles. The van der Waals surface area contributed by atoms with E-state index in [4.69, 9.17) is 0 Å². The summed E-state index contributed by atoms with van der Waals surface area (Å²) in [5.41, 5.74) is 4.91. The molecule has 5 nitrogen and oxygen atoms in total. The van der Waals surface area contributed by atoms with Crippen LogP contribution >= 0.6 is 0 Å². The standard InChI is InChI=1S/C20H22N4O/c1-22-8-10-23(11-9-22)13-16-2-5-18(6-3-16)24-15-21-19-7-4-17(14-25)12-20(19)24/h2-7,12,14-15H,8-11,13H2,1H3. The van der Waals surface area contributed by atoms with Gasteiger partial charge in [-0.25, -0.2) is 4.98 Å². The molecule has 0 amide bonds. The monoisotopic (exact) mass is 334 g/mol. The molecule has 1 aliphatic rings. The first kappa shape index (κ1) is 16.0. The van der Waals surface area contributed by atoms with Crippen molar-refractivity contribution >= 4 is 17.3 Å². The summed E-state index contributed by atoms with van der Waals surface area (Å²) in [6, 6.07) is 14.2. The second-order valence-electron chi connectivity index (χ2n) is 6.73. The van der Waals surface area contributed by atoms with Crippen LogP contribution in [0.1, 0.15) is 15.9 Å². The Hall–Kier alpha value is -2.50. The first-order chi connectivity index (χ1) is 12.2. The molecule has 128 valence electrons. The van der Waals surface area contributed by atoms with Gasteiger partial charge < -0.3 is 4.90 Å². The van der Waals surface area contributed by atoms with Crippen molar-refractivity contribution in [2.45, 2.75) is 6.54 Å². The van der Waals surface area contributed by atoms with Gasteiger partial charge in [0.2, 0.25) is 0 Å². The van der Waals surface area contributed by atoms with Crippen LogP contribution in [-0.2, 0) is 6.54 Å². The van der Waals surface area contributed by atoms with E-state index in [0.29, 0.717) is 5.56 Å². The molecule has 0 saturated carbocycles. The zero-order valence-electron chi connectivity index (χ0n) is 14.4. The maximum Gasteiger partial charge on any atom is 0.150 e. The zero-order chi connectivity index (χ0) is 17.2. The quantitative estimate of drug-likeness (QED) is 0.688. The van der Waals surface area contributed by atoms with Gasteiger partial charge in [0, 0.05) is 44.0 Å². The van der Waals surface area contributed by atoms with Crippen LogP contribution in [0.3, 0.4) is 0 Å². The molecule has 25 heavy (non-hydrogen) atoms. The highest BCUT2D eigenvalue weighted by Crippen LogP contribution is 2.20. The Balaban J connectivity index is 1.55. The highest BCUT2D eigenvalue weighted by molar-refractivity contribution is 5.85. The van der Waals surface area contributed by atoms with Crippen molar-refractivity contribution in [3.8, 4) is 5.69 Å². The minimum Gasteiger partial charge on any atom is -0.304 e. The van der Waals surface area contributed by atoms with E-state index < -0.39 is 0 Å². The van der Waals surface area contributed by atoms with Crippen molar-refractivity contribution in [1.29, 1.82) is 0 Å². The van der Waals surface area contributed by atoms with Crippen molar-refractivity contribution in [1.82, 2.24) is 19.4 Å². The topological polar surface area (TPSA) is 41.4 Å². The molecule has 0 unspecified atom stereocenters. The number of aromatic nitrogens is 2. The number of hydrogen-bond acceptors (Lipinski definition) is 4. The molecule has 0 spiro atoms. The first-order valence-electron chi connectivity index (χ1n) is 8.65. The number of benzene rings is 2. The highest BCUT2D eigenvalue weighted by Gasteiger charge is 2.14. The molecule has 1 aromatic heterocycles. The Morgan fingerprint density at radius 3 is 2.52 bits per heavy atom. The lowest BCUT2D eigenvalue weighted by atomic mass is 10.1. The van der Waals surface area contributed by atoms with Gasteiger partial charge in [0.05, 0.1) is 11.0 Å². The summed E-state index contributed by atoms with van der Waals surface area (Å²) in [5, 5.41) is 0. The van der Waals surface area contributed by atoms with Crippen molar-refractivity contribution in [3.63, 3.8) is 0 Å². The highest BCUT2D eigenvalue weighted by atomic mass is 16.1. The molecule has 0 bridgehead atoms. The van der Waals surface area contributed by atoms with E-state index in [2.05, 4.69) is 46.1 Å². The fourth-order valence-electron chi connectivity index (χ4n) is 3.33. The molecule has 0 N–H and O–H groups in total. The van der Waals surface area contributed by atoms with Gasteiger partial charge in [-0.3, -0.25) is 14.3 Å². The molecule has 1 saturated heterocycles. The Morgan fingerprint density at radius 1 is 1.04 bits per heavy atom. The van der Waals surface area contributed by atoms with Gasteiger partial charge in [-0.15, -0.1) is 0 Å². The van der Waals surface area contributed by atoms with Crippen LogP contribution in [-0.4, -0.2) is 58.9 Å². The van der Waals surface area contributed by atoms with E-state index in [1.807, 2.05) is 23.0 Å². The fraction of sp³-hybridized carbons (Fsp3) is 0.300. The SMILES string of the molecule is CN1CCN(Cc2ccc(-n3cnc4ccc(C=O)cc43)cc2)CC1. The lowest BCUT2D eigenvalue weighted by molar-refractivity contribution is 0.112. The number of carbonyl (C=O) groups is 1. The summed E-state index contributed by atoms with van der Waals surface area (Å²) in [6.07, 6.45) is 2.69. The fourth-order valence-corrected chi connectivity index (χ4v) is 3.33. The molecule has 0 atom stereocenters. The van der Waals surface area contributed by atoms with E-state index >= 15 is 0 Å². The Bertz CT molecular complexity index is 876. The number of hydrogen-bond donors (Lipinski definition) is 0. The predicted molar refractivity (Wildman–Crippen MR) is 99.2 cm³/mol.